The lowest BCUT2D eigenvalue weighted by atomic mass is 9.53. The van der Waals surface area contributed by atoms with Crippen LogP contribution in [-0.4, -0.2) is 45.1 Å². The number of amides is 2. The molecule has 4 saturated carbocycles. The minimum Gasteiger partial charge on any atom is -0.465 e. The van der Waals surface area contributed by atoms with E-state index >= 15 is 0 Å². The van der Waals surface area contributed by atoms with Crippen molar-refractivity contribution in [2.45, 2.75) is 63.5 Å². The van der Waals surface area contributed by atoms with E-state index < -0.39 is 11.6 Å². The summed E-state index contributed by atoms with van der Waals surface area (Å²) in [5, 5.41) is 13.6. The van der Waals surface area contributed by atoms with Crippen molar-refractivity contribution >= 4 is 12.0 Å². The molecule has 4 aliphatic rings. The maximum atomic E-state index is 13.8. The molecule has 34 heavy (non-hydrogen) atoms. The van der Waals surface area contributed by atoms with Crippen molar-refractivity contribution in [2.75, 3.05) is 6.54 Å². The topological polar surface area (TPSA) is 82.5 Å². The number of carbonyl (C=O) groups excluding carboxylic acids is 1. The number of rotatable bonds is 8. The van der Waals surface area contributed by atoms with Crippen LogP contribution in [-0.2, 0) is 17.6 Å². The fourth-order valence-corrected chi connectivity index (χ4v) is 7.31. The molecule has 180 valence electrons. The smallest absolute Gasteiger partial charge is 0.408 e. The van der Waals surface area contributed by atoms with Gasteiger partial charge >= 0.3 is 6.09 Å². The molecular formula is C28H35N3O3. The fourth-order valence-electron chi connectivity index (χ4n) is 7.31. The molecule has 0 spiro atoms. The Kier molecular flexibility index (Phi) is 6.32. The maximum absolute atomic E-state index is 13.8. The largest absolute Gasteiger partial charge is 0.465 e. The van der Waals surface area contributed by atoms with Crippen molar-refractivity contribution in [3.05, 3.63) is 66.0 Å². The van der Waals surface area contributed by atoms with Gasteiger partial charge in [-0.2, -0.15) is 0 Å². The van der Waals surface area contributed by atoms with Crippen LogP contribution >= 0.6 is 0 Å². The first-order chi connectivity index (χ1) is 16.4. The number of carboxylic acid groups (broad SMARTS) is 1. The molecule has 2 N–H and O–H groups in total. The molecule has 6 nitrogen and oxygen atoms in total. The van der Waals surface area contributed by atoms with Crippen molar-refractivity contribution in [3.8, 4) is 0 Å². The van der Waals surface area contributed by atoms with E-state index in [2.05, 4.69) is 10.3 Å². The number of aromatic nitrogens is 1. The molecule has 0 aliphatic heterocycles. The Morgan fingerprint density at radius 1 is 0.971 bits per heavy atom. The normalized spacial score (nSPS) is 28.8. The summed E-state index contributed by atoms with van der Waals surface area (Å²) in [6.07, 6.45) is 9.18. The second kappa shape index (κ2) is 9.40. The van der Waals surface area contributed by atoms with Gasteiger partial charge in [-0.1, -0.05) is 30.3 Å². The van der Waals surface area contributed by atoms with Gasteiger partial charge in [-0.25, -0.2) is 4.79 Å². The Bertz CT molecular complexity index is 984. The van der Waals surface area contributed by atoms with E-state index in [1.54, 1.807) is 17.3 Å². The summed E-state index contributed by atoms with van der Waals surface area (Å²) < 4.78 is 0. The first kappa shape index (κ1) is 22.9. The van der Waals surface area contributed by atoms with Gasteiger partial charge in [0.05, 0.1) is 0 Å². The van der Waals surface area contributed by atoms with Crippen LogP contribution in [0.3, 0.4) is 0 Å². The number of pyridine rings is 1. The second-order valence-corrected chi connectivity index (χ2v) is 10.9. The molecule has 0 saturated heterocycles. The summed E-state index contributed by atoms with van der Waals surface area (Å²) in [4.78, 5) is 32.4. The summed E-state index contributed by atoms with van der Waals surface area (Å²) in [7, 11) is 0. The molecular weight excluding hydrogens is 426 g/mol. The van der Waals surface area contributed by atoms with E-state index in [9.17, 15) is 14.7 Å². The summed E-state index contributed by atoms with van der Waals surface area (Å²) >= 11 is 0. The van der Waals surface area contributed by atoms with Gasteiger partial charge in [0.1, 0.15) is 5.54 Å². The first-order valence-electron chi connectivity index (χ1n) is 12.7. The van der Waals surface area contributed by atoms with Crippen molar-refractivity contribution in [3.63, 3.8) is 0 Å². The van der Waals surface area contributed by atoms with Gasteiger partial charge in [0.25, 0.3) is 0 Å². The average Bonchev–Trinajstić information content (AvgIpc) is 2.81. The van der Waals surface area contributed by atoms with E-state index in [4.69, 9.17) is 0 Å². The van der Waals surface area contributed by atoms with Crippen LogP contribution < -0.4 is 5.32 Å². The third kappa shape index (κ3) is 4.42. The van der Waals surface area contributed by atoms with Crippen molar-refractivity contribution in [1.29, 1.82) is 0 Å². The van der Waals surface area contributed by atoms with Crippen LogP contribution in [0.4, 0.5) is 4.79 Å². The number of benzene rings is 1. The zero-order chi connectivity index (χ0) is 23.7. The monoisotopic (exact) mass is 461 g/mol. The van der Waals surface area contributed by atoms with Gasteiger partial charge in [0.2, 0.25) is 5.91 Å². The molecule has 4 bridgehead atoms. The van der Waals surface area contributed by atoms with Gasteiger partial charge in [-0.05, 0) is 92.4 Å². The van der Waals surface area contributed by atoms with Crippen molar-refractivity contribution in [2.24, 2.45) is 23.7 Å². The zero-order valence-electron chi connectivity index (χ0n) is 19.9. The summed E-state index contributed by atoms with van der Waals surface area (Å²) in [6, 6.07) is 13.7. The SMILES string of the molecule is CC(Cc1ccncc1)(C(=O)NCCc1ccccc1)N(C(=O)O)C1C2CC3CC(C2)CC1C3. The number of nitrogens with zero attached hydrogens (tertiary/aromatic N) is 2. The Balaban J connectivity index is 1.42. The highest BCUT2D eigenvalue weighted by Gasteiger charge is 2.56. The Labute approximate surface area is 201 Å². The molecule has 1 heterocycles. The predicted molar refractivity (Wildman–Crippen MR) is 130 cm³/mol. The molecule has 6 heteroatoms. The molecule has 1 aromatic carbocycles. The van der Waals surface area contributed by atoms with Gasteiger partial charge < -0.3 is 10.4 Å². The summed E-state index contributed by atoms with van der Waals surface area (Å²) in [5.74, 6) is 1.99. The van der Waals surface area contributed by atoms with Crippen LogP contribution in [0.1, 0.15) is 50.2 Å². The standard InChI is InChI=1S/C28H35N3O3/c1-28(18-20-7-10-29-11-8-20,26(32)30-12-9-19-5-3-2-4-6-19)31(27(33)34)25-23-14-21-13-22(16-23)17-24(25)15-21/h2-8,10-11,21-25H,9,12-18H2,1H3,(H,30,32)(H,33,34). The number of hydrogen-bond acceptors (Lipinski definition) is 3. The van der Waals surface area contributed by atoms with Crippen molar-refractivity contribution in [1.82, 2.24) is 15.2 Å². The second-order valence-electron chi connectivity index (χ2n) is 10.9. The molecule has 4 fully saturated rings. The van der Waals surface area contributed by atoms with Crippen LogP contribution in [0.25, 0.3) is 0 Å². The number of nitrogens with one attached hydrogen (secondary N) is 1. The van der Waals surface area contributed by atoms with E-state index in [-0.39, 0.29) is 11.9 Å². The van der Waals surface area contributed by atoms with Gasteiger partial charge in [-0.3, -0.25) is 14.7 Å². The molecule has 1 unspecified atom stereocenters. The molecule has 1 atom stereocenters. The van der Waals surface area contributed by atoms with E-state index in [1.165, 1.54) is 6.42 Å². The van der Waals surface area contributed by atoms with Gasteiger partial charge in [0, 0.05) is 31.4 Å². The predicted octanol–water partition coefficient (Wildman–Crippen LogP) is 4.55. The highest BCUT2D eigenvalue weighted by molar-refractivity contribution is 5.90. The van der Waals surface area contributed by atoms with Crippen LogP contribution in [0, 0.1) is 23.7 Å². The maximum Gasteiger partial charge on any atom is 0.408 e. The van der Waals surface area contributed by atoms with E-state index in [0.717, 1.165) is 48.6 Å². The van der Waals surface area contributed by atoms with E-state index in [0.29, 0.717) is 31.2 Å². The summed E-state index contributed by atoms with van der Waals surface area (Å²) in [6.45, 7) is 2.30. The van der Waals surface area contributed by atoms with E-state index in [1.807, 2.05) is 49.4 Å². The Morgan fingerprint density at radius 2 is 1.59 bits per heavy atom. The van der Waals surface area contributed by atoms with Crippen molar-refractivity contribution < 1.29 is 14.7 Å². The molecule has 6 rings (SSSR count). The molecule has 2 amide bonds. The molecule has 1 aromatic heterocycles. The lowest BCUT2D eigenvalue weighted by Crippen LogP contribution is -2.68. The molecule has 0 radical (unpaired) electrons. The lowest BCUT2D eigenvalue weighted by molar-refractivity contribution is -0.140. The molecule has 2 aromatic rings. The van der Waals surface area contributed by atoms with Crippen LogP contribution in [0.2, 0.25) is 0 Å². The Hall–Kier alpha value is -2.89. The van der Waals surface area contributed by atoms with Gasteiger partial charge in [-0.15, -0.1) is 0 Å². The third-order valence-electron chi connectivity index (χ3n) is 8.54. The molecule has 4 aliphatic carbocycles. The summed E-state index contributed by atoms with van der Waals surface area (Å²) in [5.41, 5.74) is 0.879. The number of carbonyl (C=O) groups is 2. The zero-order valence-corrected chi connectivity index (χ0v) is 19.9. The fraction of sp³-hybridized carbons (Fsp3) is 0.536. The van der Waals surface area contributed by atoms with Gasteiger partial charge in [0.15, 0.2) is 0 Å². The lowest BCUT2D eigenvalue weighted by Gasteiger charge is -2.59. The average molecular weight is 462 g/mol. The quantitative estimate of drug-likeness (QED) is 0.604. The third-order valence-corrected chi connectivity index (χ3v) is 8.54. The highest BCUT2D eigenvalue weighted by atomic mass is 16.4. The Morgan fingerprint density at radius 3 is 2.18 bits per heavy atom. The minimum absolute atomic E-state index is 0.0861. The van der Waals surface area contributed by atoms with Crippen LogP contribution in [0.15, 0.2) is 54.9 Å². The first-order valence-corrected chi connectivity index (χ1v) is 12.7. The highest BCUT2D eigenvalue weighted by Crippen LogP contribution is 2.56. The van der Waals surface area contributed by atoms with Crippen LogP contribution in [0.5, 0.6) is 0 Å². The number of hydrogen-bond donors (Lipinski definition) is 2. The minimum atomic E-state index is -1.19.